The average molecular weight is 275 g/mol. The van der Waals surface area contributed by atoms with Crippen molar-refractivity contribution >= 4 is 17.8 Å². The van der Waals surface area contributed by atoms with E-state index >= 15 is 0 Å². The summed E-state index contributed by atoms with van der Waals surface area (Å²) in [6.45, 7) is 2.35. The van der Waals surface area contributed by atoms with Gasteiger partial charge in [-0.3, -0.25) is 9.59 Å². The van der Waals surface area contributed by atoms with Crippen LogP contribution in [0, 0.1) is 5.92 Å². The Bertz CT molecular complexity index is 562. The molecule has 6 nitrogen and oxygen atoms in total. The van der Waals surface area contributed by atoms with Gasteiger partial charge in [0, 0.05) is 6.61 Å². The second kappa shape index (κ2) is 4.72. The SMILES string of the molecule is CCOC1CC1C(=O)ON1C(=O)c2ccccc2C1=O. The molecule has 1 saturated carbocycles. The minimum Gasteiger partial charge on any atom is -0.378 e. The zero-order valence-corrected chi connectivity index (χ0v) is 10.9. The van der Waals surface area contributed by atoms with Gasteiger partial charge in [0.2, 0.25) is 0 Å². The molecule has 0 N–H and O–H groups in total. The summed E-state index contributed by atoms with van der Waals surface area (Å²) in [5.41, 5.74) is 0.505. The number of imide groups is 1. The number of rotatable bonds is 4. The molecule has 20 heavy (non-hydrogen) atoms. The van der Waals surface area contributed by atoms with Gasteiger partial charge in [-0.25, -0.2) is 4.79 Å². The second-order valence-corrected chi connectivity index (χ2v) is 4.70. The fourth-order valence-corrected chi connectivity index (χ4v) is 2.23. The van der Waals surface area contributed by atoms with Crippen LogP contribution in [0.25, 0.3) is 0 Å². The van der Waals surface area contributed by atoms with E-state index in [-0.39, 0.29) is 23.1 Å². The van der Waals surface area contributed by atoms with E-state index in [1.54, 1.807) is 12.1 Å². The van der Waals surface area contributed by atoms with Crippen molar-refractivity contribution in [2.75, 3.05) is 6.61 Å². The Balaban J connectivity index is 1.70. The largest absolute Gasteiger partial charge is 0.378 e. The van der Waals surface area contributed by atoms with E-state index < -0.39 is 17.8 Å². The lowest BCUT2D eigenvalue weighted by Gasteiger charge is -2.12. The number of hydrogen-bond acceptors (Lipinski definition) is 5. The number of hydrogen-bond donors (Lipinski definition) is 0. The highest BCUT2D eigenvalue weighted by Crippen LogP contribution is 2.35. The number of ether oxygens (including phenoxy) is 1. The summed E-state index contributed by atoms with van der Waals surface area (Å²) >= 11 is 0. The van der Waals surface area contributed by atoms with Gasteiger partial charge < -0.3 is 9.57 Å². The average Bonchev–Trinajstić information content (AvgIpc) is 3.18. The van der Waals surface area contributed by atoms with Gasteiger partial charge in [0.25, 0.3) is 11.8 Å². The predicted molar refractivity (Wildman–Crippen MR) is 66.6 cm³/mol. The van der Waals surface area contributed by atoms with Gasteiger partial charge in [0.05, 0.1) is 23.1 Å². The number of fused-ring (bicyclic) bond motifs is 1. The maximum Gasteiger partial charge on any atom is 0.338 e. The molecular formula is C14H13NO5. The summed E-state index contributed by atoms with van der Waals surface area (Å²) in [4.78, 5) is 40.8. The molecule has 0 radical (unpaired) electrons. The van der Waals surface area contributed by atoms with Crippen LogP contribution in [0.4, 0.5) is 0 Å². The van der Waals surface area contributed by atoms with E-state index in [4.69, 9.17) is 9.57 Å². The number of carbonyl (C=O) groups excluding carboxylic acids is 3. The lowest BCUT2D eigenvalue weighted by Crippen LogP contribution is -2.33. The van der Waals surface area contributed by atoms with Crippen LogP contribution < -0.4 is 0 Å². The maximum absolute atomic E-state index is 12.0. The van der Waals surface area contributed by atoms with E-state index in [0.29, 0.717) is 18.1 Å². The first-order chi connectivity index (χ1) is 9.63. The number of hydroxylamine groups is 2. The van der Waals surface area contributed by atoms with Crippen LogP contribution in [0.2, 0.25) is 0 Å². The molecule has 0 bridgehead atoms. The third-order valence-corrected chi connectivity index (χ3v) is 3.35. The zero-order chi connectivity index (χ0) is 14.3. The second-order valence-electron chi connectivity index (χ2n) is 4.70. The highest BCUT2D eigenvalue weighted by molar-refractivity contribution is 6.20. The van der Waals surface area contributed by atoms with Crippen LogP contribution >= 0.6 is 0 Å². The Morgan fingerprint density at radius 3 is 2.40 bits per heavy atom. The standard InChI is InChI=1S/C14H13NO5/c1-2-19-11-7-10(11)14(18)20-15-12(16)8-5-3-4-6-9(8)13(15)17/h3-6,10-11H,2,7H2,1H3. The van der Waals surface area contributed by atoms with Crippen LogP contribution in [-0.2, 0) is 14.4 Å². The van der Waals surface area contributed by atoms with Gasteiger partial charge in [0.15, 0.2) is 0 Å². The molecule has 2 amide bonds. The molecule has 1 aliphatic heterocycles. The van der Waals surface area contributed by atoms with Crippen LogP contribution in [0.3, 0.4) is 0 Å². The van der Waals surface area contributed by atoms with Crippen LogP contribution in [-0.4, -0.2) is 35.6 Å². The fourth-order valence-electron chi connectivity index (χ4n) is 2.23. The molecule has 1 fully saturated rings. The highest BCUT2D eigenvalue weighted by Gasteiger charge is 2.48. The molecule has 3 rings (SSSR count). The molecular weight excluding hydrogens is 262 g/mol. The molecule has 1 aliphatic carbocycles. The van der Waals surface area contributed by atoms with E-state index in [0.717, 1.165) is 0 Å². The first-order valence-electron chi connectivity index (χ1n) is 6.44. The summed E-state index contributed by atoms with van der Waals surface area (Å²) in [6, 6.07) is 6.37. The number of amides is 2. The van der Waals surface area contributed by atoms with Gasteiger partial charge in [-0.15, -0.1) is 0 Å². The number of carbonyl (C=O) groups is 3. The molecule has 0 aromatic heterocycles. The summed E-state index contributed by atoms with van der Waals surface area (Å²) in [5.74, 6) is -2.20. The Hall–Kier alpha value is -2.21. The number of benzene rings is 1. The maximum atomic E-state index is 12.0. The monoisotopic (exact) mass is 275 g/mol. The van der Waals surface area contributed by atoms with Crippen LogP contribution in [0.5, 0.6) is 0 Å². The summed E-state index contributed by atoms with van der Waals surface area (Å²) in [7, 11) is 0. The number of nitrogens with zero attached hydrogens (tertiary/aromatic N) is 1. The molecule has 1 aromatic rings. The first-order valence-corrected chi connectivity index (χ1v) is 6.44. The van der Waals surface area contributed by atoms with E-state index in [1.165, 1.54) is 12.1 Å². The highest BCUT2D eigenvalue weighted by atomic mass is 16.7. The Labute approximate surface area is 115 Å². The molecule has 0 saturated heterocycles. The smallest absolute Gasteiger partial charge is 0.338 e. The molecule has 1 heterocycles. The van der Waals surface area contributed by atoms with E-state index in [1.807, 2.05) is 6.92 Å². The van der Waals surface area contributed by atoms with Crippen molar-refractivity contribution in [1.29, 1.82) is 0 Å². The van der Waals surface area contributed by atoms with Crippen LogP contribution in [0.15, 0.2) is 24.3 Å². The van der Waals surface area contributed by atoms with Gasteiger partial charge in [-0.05, 0) is 25.5 Å². The van der Waals surface area contributed by atoms with Gasteiger partial charge in [-0.2, -0.15) is 0 Å². The first kappa shape index (κ1) is 12.8. The van der Waals surface area contributed by atoms with Crippen molar-refractivity contribution in [3.05, 3.63) is 35.4 Å². The molecule has 0 spiro atoms. The summed E-state index contributed by atoms with van der Waals surface area (Å²) < 4.78 is 5.28. The van der Waals surface area contributed by atoms with Crippen molar-refractivity contribution in [1.82, 2.24) is 5.06 Å². The molecule has 2 atom stereocenters. The van der Waals surface area contributed by atoms with Crippen molar-refractivity contribution in [3.63, 3.8) is 0 Å². The normalized spacial score (nSPS) is 23.8. The minimum atomic E-state index is -0.604. The molecule has 1 aromatic carbocycles. The quantitative estimate of drug-likeness (QED) is 0.771. The van der Waals surface area contributed by atoms with Crippen molar-refractivity contribution in [2.24, 2.45) is 5.92 Å². The summed E-state index contributed by atoms with van der Waals surface area (Å²) in [6.07, 6.45) is 0.401. The molecule has 2 unspecified atom stereocenters. The van der Waals surface area contributed by atoms with E-state index in [2.05, 4.69) is 0 Å². The lowest BCUT2D eigenvalue weighted by molar-refractivity contribution is -0.171. The third-order valence-electron chi connectivity index (χ3n) is 3.35. The fraction of sp³-hybridized carbons (Fsp3) is 0.357. The lowest BCUT2D eigenvalue weighted by atomic mass is 10.1. The van der Waals surface area contributed by atoms with Gasteiger partial charge >= 0.3 is 5.97 Å². The van der Waals surface area contributed by atoms with Gasteiger partial charge in [0.1, 0.15) is 0 Å². The van der Waals surface area contributed by atoms with Gasteiger partial charge in [-0.1, -0.05) is 17.2 Å². The summed E-state index contributed by atoms with van der Waals surface area (Å²) in [5, 5.41) is 0.536. The van der Waals surface area contributed by atoms with Crippen molar-refractivity contribution < 1.29 is 24.0 Å². The predicted octanol–water partition coefficient (Wildman–Crippen LogP) is 1.17. The zero-order valence-electron chi connectivity index (χ0n) is 10.9. The van der Waals surface area contributed by atoms with Crippen molar-refractivity contribution in [3.8, 4) is 0 Å². The molecule has 2 aliphatic rings. The third kappa shape index (κ3) is 1.98. The van der Waals surface area contributed by atoms with Crippen molar-refractivity contribution in [2.45, 2.75) is 19.4 Å². The Kier molecular flexibility index (Phi) is 3.02. The minimum absolute atomic E-state index is 0.164. The molecule has 6 heteroatoms. The van der Waals surface area contributed by atoms with Crippen LogP contribution in [0.1, 0.15) is 34.1 Å². The molecule has 104 valence electrons. The Morgan fingerprint density at radius 1 is 1.25 bits per heavy atom. The Morgan fingerprint density at radius 2 is 1.85 bits per heavy atom. The van der Waals surface area contributed by atoms with E-state index in [9.17, 15) is 14.4 Å². The topological polar surface area (TPSA) is 72.9 Å².